The molecule has 33 heavy (non-hydrogen) atoms. The fourth-order valence-electron chi connectivity index (χ4n) is 3.86. The first-order valence-electron chi connectivity index (χ1n) is 11.0. The van der Waals surface area contributed by atoms with E-state index < -0.39 is 5.82 Å². The van der Waals surface area contributed by atoms with E-state index in [1.807, 2.05) is 31.2 Å². The number of carbonyl (C=O) groups is 2. The Balaban J connectivity index is 1.34. The number of aryl methyl sites for hydroxylation is 1. The number of carbonyl (C=O) groups excluding carboxylic acids is 2. The van der Waals surface area contributed by atoms with Crippen LogP contribution in [0.5, 0.6) is 5.75 Å². The fraction of sp³-hybridized carbons (Fsp3) is 0.320. The number of hydrogen-bond donors (Lipinski definition) is 2. The van der Waals surface area contributed by atoms with E-state index in [4.69, 9.17) is 4.74 Å². The largest absolute Gasteiger partial charge is 0.486 e. The fourth-order valence-corrected chi connectivity index (χ4v) is 4.55. The molecule has 0 saturated heterocycles. The molecular formula is C25H26FN3O3S. The highest BCUT2D eigenvalue weighted by molar-refractivity contribution is 7.09. The number of rotatable bonds is 7. The number of ether oxygens (including phenoxy) is 1. The summed E-state index contributed by atoms with van der Waals surface area (Å²) in [7, 11) is 0. The quantitative estimate of drug-likeness (QED) is 0.531. The third-order valence-electron chi connectivity index (χ3n) is 5.65. The van der Waals surface area contributed by atoms with Crippen LogP contribution in [0.3, 0.4) is 0 Å². The first kappa shape index (κ1) is 22.9. The average Bonchev–Trinajstić information content (AvgIpc) is 3.29. The number of nitrogens with one attached hydrogen (secondary N) is 2. The summed E-state index contributed by atoms with van der Waals surface area (Å²) in [5.74, 6) is -0.322. The van der Waals surface area contributed by atoms with Crippen LogP contribution in [0.4, 0.5) is 4.39 Å². The van der Waals surface area contributed by atoms with Crippen LogP contribution in [0.15, 0.2) is 53.9 Å². The number of benzene rings is 2. The average molecular weight is 468 g/mol. The first-order chi connectivity index (χ1) is 16.0. The highest BCUT2D eigenvalue weighted by Gasteiger charge is 2.29. The monoisotopic (exact) mass is 467 g/mol. The summed E-state index contributed by atoms with van der Waals surface area (Å²) in [6, 6.07) is 12.9. The van der Waals surface area contributed by atoms with Crippen LogP contribution in [0, 0.1) is 12.7 Å². The minimum Gasteiger partial charge on any atom is -0.486 e. The van der Waals surface area contributed by atoms with Crippen molar-refractivity contribution in [3.63, 3.8) is 0 Å². The molecule has 0 spiro atoms. The zero-order valence-electron chi connectivity index (χ0n) is 18.3. The lowest BCUT2D eigenvalue weighted by molar-refractivity contribution is 0.0860. The van der Waals surface area contributed by atoms with E-state index in [0.717, 1.165) is 37.0 Å². The van der Waals surface area contributed by atoms with Crippen molar-refractivity contribution in [2.45, 2.75) is 51.3 Å². The number of aromatic nitrogens is 1. The van der Waals surface area contributed by atoms with Crippen LogP contribution in [0.25, 0.3) is 0 Å². The van der Waals surface area contributed by atoms with Gasteiger partial charge in [0.25, 0.3) is 11.8 Å². The molecule has 4 rings (SSSR count). The molecule has 0 radical (unpaired) electrons. The molecule has 1 aromatic heterocycles. The molecule has 2 amide bonds. The molecule has 172 valence electrons. The topological polar surface area (TPSA) is 80.3 Å². The molecule has 0 bridgehead atoms. The Kier molecular flexibility index (Phi) is 7.34. The molecule has 2 aromatic carbocycles. The van der Waals surface area contributed by atoms with Crippen LogP contribution in [0.1, 0.15) is 57.1 Å². The molecule has 0 unspecified atom stereocenters. The maximum absolute atomic E-state index is 13.5. The molecule has 1 fully saturated rings. The second kappa shape index (κ2) is 10.6. The SMILES string of the molecule is Cc1ccc(OCc2nc(C(=O)N[C@@H]3CCCC[C@@H]3NC(=O)c3cccc(F)c3)cs2)cc1. The predicted octanol–water partition coefficient (Wildman–Crippen LogP) is 4.64. The number of amides is 2. The molecule has 2 atom stereocenters. The van der Waals surface area contributed by atoms with E-state index in [1.165, 1.54) is 29.5 Å². The van der Waals surface area contributed by atoms with Crippen molar-refractivity contribution >= 4 is 23.2 Å². The Morgan fingerprint density at radius 2 is 1.76 bits per heavy atom. The van der Waals surface area contributed by atoms with Crippen molar-refractivity contribution < 1.29 is 18.7 Å². The Morgan fingerprint density at radius 3 is 2.45 bits per heavy atom. The lowest BCUT2D eigenvalue weighted by Gasteiger charge is -2.32. The molecule has 1 aliphatic carbocycles. The highest BCUT2D eigenvalue weighted by Crippen LogP contribution is 2.21. The second-order valence-corrected chi connectivity index (χ2v) is 9.13. The van der Waals surface area contributed by atoms with Gasteiger partial charge >= 0.3 is 0 Å². The van der Waals surface area contributed by atoms with Crippen molar-refractivity contribution in [1.82, 2.24) is 15.6 Å². The summed E-state index contributed by atoms with van der Waals surface area (Å²) in [4.78, 5) is 29.8. The lowest BCUT2D eigenvalue weighted by Crippen LogP contribution is -2.53. The smallest absolute Gasteiger partial charge is 0.271 e. The van der Waals surface area contributed by atoms with Crippen LogP contribution in [-0.4, -0.2) is 28.9 Å². The summed E-state index contributed by atoms with van der Waals surface area (Å²) < 4.78 is 19.2. The van der Waals surface area contributed by atoms with Crippen molar-refractivity contribution in [3.05, 3.63) is 81.6 Å². The summed E-state index contributed by atoms with van der Waals surface area (Å²) in [6.45, 7) is 2.30. The minimum absolute atomic E-state index is 0.210. The van der Waals surface area contributed by atoms with E-state index in [0.29, 0.717) is 10.7 Å². The minimum atomic E-state index is -0.457. The molecule has 3 aromatic rings. The normalized spacial score (nSPS) is 17.9. The van der Waals surface area contributed by atoms with Gasteiger partial charge in [-0.15, -0.1) is 11.3 Å². The van der Waals surface area contributed by atoms with E-state index in [1.54, 1.807) is 11.4 Å². The number of nitrogens with zero attached hydrogens (tertiary/aromatic N) is 1. The van der Waals surface area contributed by atoms with Crippen LogP contribution in [0.2, 0.25) is 0 Å². The van der Waals surface area contributed by atoms with Gasteiger partial charge in [-0.3, -0.25) is 9.59 Å². The molecule has 1 saturated carbocycles. The van der Waals surface area contributed by atoms with Gasteiger partial charge in [-0.25, -0.2) is 9.37 Å². The van der Waals surface area contributed by atoms with Crippen molar-refractivity contribution in [2.24, 2.45) is 0 Å². The number of halogens is 1. The van der Waals surface area contributed by atoms with Gasteiger partial charge in [-0.05, 0) is 50.1 Å². The van der Waals surface area contributed by atoms with Gasteiger partial charge in [0.1, 0.15) is 28.9 Å². The molecule has 1 heterocycles. The third kappa shape index (κ3) is 6.16. The van der Waals surface area contributed by atoms with Crippen LogP contribution >= 0.6 is 11.3 Å². The Bertz CT molecular complexity index is 1120. The van der Waals surface area contributed by atoms with Crippen LogP contribution < -0.4 is 15.4 Å². The van der Waals surface area contributed by atoms with Crippen molar-refractivity contribution in [1.29, 1.82) is 0 Å². The Labute approximate surface area is 196 Å². The Hall–Kier alpha value is -3.26. The second-order valence-electron chi connectivity index (χ2n) is 8.18. The molecule has 0 aliphatic heterocycles. The van der Waals surface area contributed by atoms with Crippen molar-refractivity contribution in [2.75, 3.05) is 0 Å². The van der Waals surface area contributed by atoms with Crippen LogP contribution in [-0.2, 0) is 6.61 Å². The van der Waals surface area contributed by atoms with E-state index in [-0.39, 0.29) is 36.1 Å². The highest BCUT2D eigenvalue weighted by atomic mass is 32.1. The summed E-state index contributed by atoms with van der Waals surface area (Å²) in [5.41, 5.74) is 1.76. The van der Waals surface area contributed by atoms with E-state index in [2.05, 4.69) is 15.6 Å². The van der Waals surface area contributed by atoms with Gasteiger partial charge in [-0.2, -0.15) is 0 Å². The summed E-state index contributed by atoms with van der Waals surface area (Å²) in [6.07, 6.45) is 3.42. The van der Waals surface area contributed by atoms with Crippen molar-refractivity contribution in [3.8, 4) is 5.75 Å². The van der Waals surface area contributed by atoms with Gasteiger partial charge in [0.15, 0.2) is 0 Å². The lowest BCUT2D eigenvalue weighted by atomic mass is 9.90. The van der Waals surface area contributed by atoms with Gasteiger partial charge in [0.05, 0.1) is 0 Å². The Morgan fingerprint density at radius 1 is 1.06 bits per heavy atom. The number of hydrogen-bond acceptors (Lipinski definition) is 5. The standard InChI is InChI=1S/C25H26FN3O3S/c1-16-9-11-19(12-10-16)32-14-23-27-22(15-33-23)25(31)29-21-8-3-2-7-20(21)28-24(30)17-5-4-6-18(26)13-17/h4-6,9-13,15,20-21H,2-3,7-8,14H2,1H3,(H,28,30)(H,29,31)/t20-,21+/m0/s1. The number of thiazole rings is 1. The van der Waals surface area contributed by atoms with E-state index in [9.17, 15) is 14.0 Å². The summed E-state index contributed by atoms with van der Waals surface area (Å²) >= 11 is 1.37. The van der Waals surface area contributed by atoms with Gasteiger partial charge < -0.3 is 15.4 Å². The molecule has 6 nitrogen and oxygen atoms in total. The van der Waals surface area contributed by atoms with Gasteiger partial charge in [-0.1, -0.05) is 36.6 Å². The van der Waals surface area contributed by atoms with Gasteiger partial charge in [0.2, 0.25) is 0 Å². The van der Waals surface area contributed by atoms with E-state index >= 15 is 0 Å². The maximum Gasteiger partial charge on any atom is 0.271 e. The maximum atomic E-state index is 13.5. The zero-order chi connectivity index (χ0) is 23.2. The van der Waals surface area contributed by atoms with Gasteiger partial charge in [0, 0.05) is 23.0 Å². The first-order valence-corrected chi connectivity index (χ1v) is 11.9. The zero-order valence-corrected chi connectivity index (χ0v) is 19.2. The molecular weight excluding hydrogens is 441 g/mol. The third-order valence-corrected chi connectivity index (χ3v) is 6.48. The molecule has 1 aliphatic rings. The summed E-state index contributed by atoms with van der Waals surface area (Å²) in [5, 5.41) is 8.40. The molecule has 8 heteroatoms. The predicted molar refractivity (Wildman–Crippen MR) is 125 cm³/mol. The molecule has 2 N–H and O–H groups in total.